The van der Waals surface area contributed by atoms with E-state index in [9.17, 15) is 9.59 Å². The fourth-order valence-electron chi connectivity index (χ4n) is 4.69. The smallest absolute Gasteiger partial charge is 0.252 e. The Balaban J connectivity index is 1.41. The molecule has 0 bridgehead atoms. The molecule has 0 aliphatic rings. The van der Waals surface area contributed by atoms with Crippen LogP contribution in [0.1, 0.15) is 34.3 Å². The summed E-state index contributed by atoms with van der Waals surface area (Å²) in [5, 5.41) is 6.09. The monoisotopic (exact) mass is 519 g/mol. The molecule has 4 rings (SSSR count). The number of nitrogens with zero attached hydrogens (tertiary/aromatic N) is 1. The second-order valence-electron chi connectivity index (χ2n) is 9.83. The fourth-order valence-corrected chi connectivity index (χ4v) is 4.69. The molecule has 5 nitrogen and oxygen atoms in total. The van der Waals surface area contributed by atoms with Crippen LogP contribution in [0.4, 0.5) is 0 Å². The summed E-state index contributed by atoms with van der Waals surface area (Å²) >= 11 is 0. The van der Waals surface area contributed by atoms with Crippen molar-refractivity contribution in [1.82, 2.24) is 15.5 Å². The van der Waals surface area contributed by atoms with E-state index >= 15 is 0 Å². The molecule has 39 heavy (non-hydrogen) atoms. The lowest BCUT2D eigenvalue weighted by molar-refractivity contribution is -0.123. The van der Waals surface area contributed by atoms with Gasteiger partial charge in [0, 0.05) is 18.7 Å². The minimum absolute atomic E-state index is 0.151. The first-order valence-electron chi connectivity index (χ1n) is 13.6. The van der Waals surface area contributed by atoms with E-state index in [0.717, 1.165) is 42.6 Å². The molecule has 0 aromatic heterocycles. The molecule has 0 saturated carbocycles. The highest BCUT2D eigenvalue weighted by Crippen LogP contribution is 2.23. The largest absolute Gasteiger partial charge is 0.354 e. The van der Waals surface area contributed by atoms with Crippen molar-refractivity contribution in [2.45, 2.75) is 31.8 Å². The standard InChI is InChI=1S/C34H37N3O2/c1-37(26-28-16-7-3-8-17-28)25-13-22-32(34(39)35-24-23-27-14-5-2-6-15-27)36-33(38)31-21-12-11-20-30(31)29-18-9-4-10-19-29/h2-12,14-21,32H,13,22-26H2,1H3,(H,35,39)(H,36,38)/t32-/m0/s1. The third-order valence-electron chi connectivity index (χ3n) is 6.76. The zero-order valence-corrected chi connectivity index (χ0v) is 22.6. The van der Waals surface area contributed by atoms with E-state index in [-0.39, 0.29) is 11.8 Å². The molecule has 2 N–H and O–H groups in total. The first-order chi connectivity index (χ1) is 19.1. The van der Waals surface area contributed by atoms with Crippen molar-refractivity contribution in [1.29, 1.82) is 0 Å². The Morgan fingerprint density at radius 3 is 2.03 bits per heavy atom. The first-order valence-corrected chi connectivity index (χ1v) is 13.6. The van der Waals surface area contributed by atoms with Crippen molar-refractivity contribution >= 4 is 11.8 Å². The number of carbonyl (C=O) groups excluding carboxylic acids is 2. The number of hydrogen-bond acceptors (Lipinski definition) is 3. The zero-order chi connectivity index (χ0) is 27.3. The van der Waals surface area contributed by atoms with Gasteiger partial charge >= 0.3 is 0 Å². The summed E-state index contributed by atoms with van der Waals surface area (Å²) in [6.07, 6.45) is 2.07. The lowest BCUT2D eigenvalue weighted by Crippen LogP contribution is -2.47. The highest BCUT2D eigenvalue weighted by Gasteiger charge is 2.22. The summed E-state index contributed by atoms with van der Waals surface area (Å²) < 4.78 is 0. The summed E-state index contributed by atoms with van der Waals surface area (Å²) in [5.74, 6) is -0.391. The molecular weight excluding hydrogens is 482 g/mol. The van der Waals surface area contributed by atoms with Gasteiger partial charge < -0.3 is 15.5 Å². The van der Waals surface area contributed by atoms with Crippen molar-refractivity contribution in [2.75, 3.05) is 20.1 Å². The number of hydrogen-bond donors (Lipinski definition) is 2. The van der Waals surface area contributed by atoms with Gasteiger partial charge in [-0.05, 0) is 61.2 Å². The number of rotatable bonds is 13. The van der Waals surface area contributed by atoms with Gasteiger partial charge in [0.15, 0.2) is 0 Å². The molecule has 0 fully saturated rings. The molecule has 1 atom stereocenters. The molecule has 200 valence electrons. The second-order valence-corrected chi connectivity index (χ2v) is 9.83. The Hall–Kier alpha value is -4.22. The van der Waals surface area contributed by atoms with Gasteiger partial charge in [-0.2, -0.15) is 0 Å². The Morgan fingerprint density at radius 2 is 1.33 bits per heavy atom. The molecule has 0 spiro atoms. The molecule has 0 unspecified atom stereocenters. The molecule has 0 heterocycles. The van der Waals surface area contributed by atoms with Crippen molar-refractivity contribution in [3.63, 3.8) is 0 Å². The van der Waals surface area contributed by atoms with Crippen LogP contribution in [0, 0.1) is 0 Å². The first kappa shape index (κ1) is 27.8. The predicted molar refractivity (Wildman–Crippen MR) is 158 cm³/mol. The maximum absolute atomic E-state index is 13.5. The van der Waals surface area contributed by atoms with E-state index in [1.54, 1.807) is 0 Å². The zero-order valence-electron chi connectivity index (χ0n) is 22.6. The van der Waals surface area contributed by atoms with Crippen LogP contribution in [-0.2, 0) is 17.8 Å². The SMILES string of the molecule is CN(CCC[C@H](NC(=O)c1ccccc1-c1ccccc1)C(=O)NCCc1ccccc1)Cc1ccccc1. The average molecular weight is 520 g/mol. The summed E-state index contributed by atoms with van der Waals surface area (Å²) in [7, 11) is 2.08. The van der Waals surface area contributed by atoms with Gasteiger partial charge in [-0.25, -0.2) is 0 Å². The third kappa shape index (κ3) is 8.66. The van der Waals surface area contributed by atoms with Gasteiger partial charge in [-0.15, -0.1) is 0 Å². The van der Waals surface area contributed by atoms with Crippen molar-refractivity contribution in [2.24, 2.45) is 0 Å². The molecule has 0 aliphatic heterocycles. The van der Waals surface area contributed by atoms with Gasteiger partial charge in [-0.1, -0.05) is 109 Å². The quantitative estimate of drug-likeness (QED) is 0.237. The van der Waals surface area contributed by atoms with Crippen LogP contribution in [0.25, 0.3) is 11.1 Å². The molecule has 0 radical (unpaired) electrons. The lowest BCUT2D eigenvalue weighted by atomic mass is 9.98. The van der Waals surface area contributed by atoms with E-state index in [4.69, 9.17) is 0 Å². The Morgan fingerprint density at radius 1 is 0.744 bits per heavy atom. The molecule has 0 saturated heterocycles. The normalized spacial score (nSPS) is 11.6. The molecule has 2 amide bonds. The van der Waals surface area contributed by atoms with Crippen molar-refractivity contribution in [3.8, 4) is 11.1 Å². The van der Waals surface area contributed by atoms with Crippen LogP contribution in [0.2, 0.25) is 0 Å². The third-order valence-corrected chi connectivity index (χ3v) is 6.76. The van der Waals surface area contributed by atoms with Gasteiger partial charge in [0.1, 0.15) is 6.04 Å². The van der Waals surface area contributed by atoms with Gasteiger partial charge in [0.05, 0.1) is 0 Å². The second kappa shape index (κ2) is 14.6. The van der Waals surface area contributed by atoms with Gasteiger partial charge in [0.25, 0.3) is 5.91 Å². The van der Waals surface area contributed by atoms with Crippen LogP contribution in [-0.4, -0.2) is 42.9 Å². The number of amides is 2. The maximum Gasteiger partial charge on any atom is 0.252 e. The summed E-state index contributed by atoms with van der Waals surface area (Å²) in [6.45, 7) is 2.18. The van der Waals surface area contributed by atoms with Gasteiger partial charge in [-0.3, -0.25) is 9.59 Å². The number of nitrogens with one attached hydrogen (secondary N) is 2. The van der Waals surface area contributed by atoms with E-state index in [1.807, 2.05) is 91.0 Å². The maximum atomic E-state index is 13.5. The van der Waals surface area contributed by atoms with E-state index in [0.29, 0.717) is 18.5 Å². The predicted octanol–water partition coefficient (Wildman–Crippen LogP) is 5.72. The average Bonchev–Trinajstić information content (AvgIpc) is 2.98. The Kier molecular flexibility index (Phi) is 10.4. The van der Waals surface area contributed by atoms with Crippen LogP contribution in [0.15, 0.2) is 115 Å². The molecule has 4 aromatic carbocycles. The van der Waals surface area contributed by atoms with Crippen molar-refractivity contribution < 1.29 is 9.59 Å². The highest BCUT2D eigenvalue weighted by atomic mass is 16.2. The summed E-state index contributed by atoms with van der Waals surface area (Å²) in [6, 6.07) is 37.2. The summed E-state index contributed by atoms with van der Waals surface area (Å²) in [5.41, 5.74) is 4.79. The van der Waals surface area contributed by atoms with E-state index in [1.165, 1.54) is 5.56 Å². The van der Waals surface area contributed by atoms with Gasteiger partial charge in [0.2, 0.25) is 5.91 Å². The molecule has 0 aliphatic carbocycles. The van der Waals surface area contributed by atoms with Crippen molar-refractivity contribution in [3.05, 3.63) is 132 Å². The molecular formula is C34H37N3O2. The van der Waals surface area contributed by atoms with Crippen LogP contribution < -0.4 is 10.6 Å². The highest BCUT2D eigenvalue weighted by molar-refractivity contribution is 6.02. The minimum atomic E-state index is -0.623. The topological polar surface area (TPSA) is 61.4 Å². The molecule has 5 heteroatoms. The van der Waals surface area contributed by atoms with E-state index in [2.05, 4.69) is 46.8 Å². The number of carbonyl (C=O) groups is 2. The molecule has 4 aromatic rings. The fraction of sp³-hybridized carbons (Fsp3) is 0.235. The Bertz CT molecular complexity index is 1310. The van der Waals surface area contributed by atoms with Crippen LogP contribution in [0.3, 0.4) is 0 Å². The number of benzene rings is 4. The van der Waals surface area contributed by atoms with E-state index < -0.39 is 6.04 Å². The van der Waals surface area contributed by atoms with Crippen LogP contribution in [0.5, 0.6) is 0 Å². The summed E-state index contributed by atoms with van der Waals surface area (Å²) in [4.78, 5) is 29.0. The minimum Gasteiger partial charge on any atom is -0.354 e. The van der Waals surface area contributed by atoms with Crippen LogP contribution >= 0.6 is 0 Å². The Labute approximate surface area is 231 Å². The lowest BCUT2D eigenvalue weighted by Gasteiger charge is -2.22.